The third-order valence-corrected chi connectivity index (χ3v) is 4.64. The maximum atomic E-state index is 13.7. The Morgan fingerprint density at radius 2 is 1.96 bits per heavy atom. The summed E-state index contributed by atoms with van der Waals surface area (Å²) in [5.74, 6) is 1.20. The van der Waals surface area contributed by atoms with Crippen molar-refractivity contribution in [2.45, 2.75) is 13.5 Å². The predicted molar refractivity (Wildman–Crippen MR) is 103 cm³/mol. The number of hydrogen-bond donors (Lipinski definition) is 0. The molecule has 0 unspecified atom stereocenters. The molecule has 0 bridgehead atoms. The smallest absolute Gasteiger partial charge is 0.214 e. The van der Waals surface area contributed by atoms with Gasteiger partial charge < -0.3 is 9.64 Å². The van der Waals surface area contributed by atoms with Gasteiger partial charge in [0.25, 0.3) is 0 Å². The molecule has 0 radical (unpaired) electrons. The van der Waals surface area contributed by atoms with Crippen molar-refractivity contribution in [1.29, 1.82) is 0 Å². The third-order valence-electron chi connectivity index (χ3n) is 4.64. The highest BCUT2D eigenvalue weighted by Gasteiger charge is 2.15. The van der Waals surface area contributed by atoms with Crippen molar-refractivity contribution in [2.75, 3.05) is 12.0 Å². The monoisotopic (exact) mass is 346 g/mol. The first kappa shape index (κ1) is 16.3. The minimum atomic E-state index is -0.217. The van der Waals surface area contributed by atoms with E-state index >= 15 is 0 Å². The van der Waals surface area contributed by atoms with E-state index in [1.165, 1.54) is 17.2 Å². The number of hydrogen-bond acceptors (Lipinski definition) is 3. The third kappa shape index (κ3) is 3.06. The molecule has 2 aromatic carbocycles. The van der Waals surface area contributed by atoms with Gasteiger partial charge in [-0.3, -0.25) is 0 Å². The van der Waals surface area contributed by atoms with Crippen molar-refractivity contribution >= 4 is 11.9 Å². The summed E-state index contributed by atoms with van der Waals surface area (Å²) in [6, 6.07) is 16.9. The number of rotatable bonds is 3. The lowest BCUT2D eigenvalue weighted by atomic mass is 9.95. The summed E-state index contributed by atoms with van der Waals surface area (Å²) in [6.07, 6.45) is 4.10. The molecule has 3 aromatic rings. The summed E-state index contributed by atoms with van der Waals surface area (Å²) in [6.45, 7) is 2.70. The minimum absolute atomic E-state index is 0.217. The number of aryl methyl sites for hydroxylation is 1. The Morgan fingerprint density at radius 3 is 2.81 bits per heavy atom. The average Bonchev–Trinajstić information content (AvgIpc) is 2.69. The quantitative estimate of drug-likeness (QED) is 0.652. The van der Waals surface area contributed by atoms with Gasteiger partial charge in [-0.15, -0.1) is 0 Å². The maximum Gasteiger partial charge on any atom is 0.214 e. The van der Waals surface area contributed by atoms with E-state index in [-0.39, 0.29) is 5.82 Å². The first-order valence-corrected chi connectivity index (χ1v) is 8.49. The van der Waals surface area contributed by atoms with Crippen molar-refractivity contribution in [3.05, 3.63) is 83.3 Å². The number of fused-ring (bicyclic) bond motifs is 1. The molecule has 4 heteroatoms. The molecule has 1 aromatic heterocycles. The van der Waals surface area contributed by atoms with Gasteiger partial charge >= 0.3 is 0 Å². The van der Waals surface area contributed by atoms with Crippen molar-refractivity contribution in [2.24, 2.45) is 0 Å². The Balaban J connectivity index is 1.69. The normalized spacial score (nSPS) is 12.8. The fourth-order valence-electron chi connectivity index (χ4n) is 3.22. The van der Waals surface area contributed by atoms with E-state index in [9.17, 15) is 4.39 Å². The van der Waals surface area contributed by atoms with Gasteiger partial charge in [-0.25, -0.2) is 4.39 Å². The molecule has 0 N–H and O–H groups in total. The molecular weight excluding hydrogens is 327 g/mol. The number of aromatic nitrogens is 1. The molecule has 0 saturated carbocycles. The predicted octanol–water partition coefficient (Wildman–Crippen LogP) is 5.20. The van der Waals surface area contributed by atoms with Crippen LogP contribution in [0.25, 0.3) is 17.2 Å². The molecule has 1 aliphatic rings. The van der Waals surface area contributed by atoms with Crippen LogP contribution in [0.4, 0.5) is 10.2 Å². The lowest BCUT2D eigenvalue weighted by Gasteiger charge is -2.25. The Kier molecular flexibility index (Phi) is 4.17. The van der Waals surface area contributed by atoms with Crippen LogP contribution in [-0.2, 0) is 6.54 Å². The summed E-state index contributed by atoms with van der Waals surface area (Å²) in [4.78, 5) is 6.57. The van der Waals surface area contributed by atoms with Crippen LogP contribution in [0, 0.1) is 12.7 Å². The van der Waals surface area contributed by atoms with Crippen LogP contribution >= 0.6 is 0 Å². The SMILES string of the molecule is COc1cccc(N2C=Cc3ccc(-c4cc(F)ccc4C)cc3C2)n1. The molecule has 2 heterocycles. The van der Waals surface area contributed by atoms with E-state index in [0.29, 0.717) is 12.4 Å². The molecule has 4 rings (SSSR count). The highest BCUT2D eigenvalue weighted by molar-refractivity contribution is 5.72. The molecule has 0 saturated heterocycles. The number of anilines is 1. The topological polar surface area (TPSA) is 25.4 Å². The zero-order valence-electron chi connectivity index (χ0n) is 14.7. The average molecular weight is 346 g/mol. The van der Waals surface area contributed by atoms with E-state index in [1.54, 1.807) is 13.2 Å². The second kappa shape index (κ2) is 6.64. The van der Waals surface area contributed by atoms with Crippen LogP contribution in [-0.4, -0.2) is 12.1 Å². The highest BCUT2D eigenvalue weighted by atomic mass is 19.1. The van der Waals surface area contributed by atoms with Gasteiger partial charge in [0.2, 0.25) is 5.88 Å². The summed E-state index contributed by atoms with van der Waals surface area (Å²) in [7, 11) is 1.61. The summed E-state index contributed by atoms with van der Waals surface area (Å²) >= 11 is 0. The van der Waals surface area contributed by atoms with Crippen LogP contribution in [0.15, 0.2) is 60.8 Å². The summed E-state index contributed by atoms with van der Waals surface area (Å²) < 4.78 is 18.9. The minimum Gasteiger partial charge on any atom is -0.481 e. The van der Waals surface area contributed by atoms with Gasteiger partial charge in [0, 0.05) is 18.8 Å². The molecule has 0 amide bonds. The van der Waals surface area contributed by atoms with E-state index in [2.05, 4.69) is 28.1 Å². The van der Waals surface area contributed by atoms with Crippen LogP contribution in [0.3, 0.4) is 0 Å². The van der Waals surface area contributed by atoms with E-state index in [1.807, 2.05) is 43.5 Å². The summed E-state index contributed by atoms with van der Waals surface area (Å²) in [5.41, 5.74) is 5.35. The summed E-state index contributed by atoms with van der Waals surface area (Å²) in [5, 5.41) is 0. The number of methoxy groups -OCH3 is 1. The number of benzene rings is 2. The van der Waals surface area contributed by atoms with E-state index in [0.717, 1.165) is 22.5 Å². The number of nitrogens with zero attached hydrogens (tertiary/aromatic N) is 2. The van der Waals surface area contributed by atoms with Crippen LogP contribution < -0.4 is 9.64 Å². The van der Waals surface area contributed by atoms with Crippen molar-refractivity contribution in [3.63, 3.8) is 0 Å². The van der Waals surface area contributed by atoms with E-state index in [4.69, 9.17) is 4.74 Å². The fraction of sp³-hybridized carbons (Fsp3) is 0.136. The number of ether oxygens (including phenoxy) is 1. The lowest BCUT2D eigenvalue weighted by molar-refractivity contribution is 0.398. The first-order valence-electron chi connectivity index (χ1n) is 8.49. The van der Waals surface area contributed by atoms with Gasteiger partial charge in [-0.1, -0.05) is 24.3 Å². The fourth-order valence-corrected chi connectivity index (χ4v) is 3.22. The molecule has 3 nitrogen and oxygen atoms in total. The van der Waals surface area contributed by atoms with E-state index < -0.39 is 0 Å². The molecule has 26 heavy (non-hydrogen) atoms. The van der Waals surface area contributed by atoms with Gasteiger partial charge in [-0.05, 0) is 65.1 Å². The Labute approximate surface area is 152 Å². The zero-order chi connectivity index (χ0) is 18.1. The van der Waals surface area contributed by atoms with Gasteiger partial charge in [0.15, 0.2) is 0 Å². The Hall–Kier alpha value is -3.14. The van der Waals surface area contributed by atoms with Crippen LogP contribution in [0.2, 0.25) is 0 Å². The number of halogens is 1. The molecule has 1 aliphatic heterocycles. The van der Waals surface area contributed by atoms with Crippen LogP contribution in [0.1, 0.15) is 16.7 Å². The Morgan fingerprint density at radius 1 is 1.08 bits per heavy atom. The largest absolute Gasteiger partial charge is 0.481 e. The molecule has 0 atom stereocenters. The second-order valence-electron chi connectivity index (χ2n) is 6.35. The Bertz CT molecular complexity index is 997. The lowest BCUT2D eigenvalue weighted by Crippen LogP contribution is -2.20. The van der Waals surface area contributed by atoms with Crippen molar-refractivity contribution in [3.8, 4) is 17.0 Å². The van der Waals surface area contributed by atoms with Crippen molar-refractivity contribution in [1.82, 2.24) is 4.98 Å². The number of pyridine rings is 1. The van der Waals surface area contributed by atoms with Gasteiger partial charge in [-0.2, -0.15) is 4.98 Å². The highest BCUT2D eigenvalue weighted by Crippen LogP contribution is 2.30. The molecule has 0 fully saturated rings. The van der Waals surface area contributed by atoms with Crippen molar-refractivity contribution < 1.29 is 9.13 Å². The maximum absolute atomic E-state index is 13.7. The van der Waals surface area contributed by atoms with Gasteiger partial charge in [0.05, 0.1) is 7.11 Å². The standard InChI is InChI=1S/C22H19FN2O/c1-15-6-9-19(23)13-20(15)17-8-7-16-10-11-25(14-18(16)12-17)21-4-3-5-22(24-21)26-2/h3-13H,14H2,1-2H3. The van der Waals surface area contributed by atoms with Gasteiger partial charge in [0.1, 0.15) is 11.6 Å². The van der Waals surface area contributed by atoms with Crippen LogP contribution in [0.5, 0.6) is 5.88 Å². The second-order valence-corrected chi connectivity index (χ2v) is 6.35. The molecule has 130 valence electrons. The molecular formula is C22H19FN2O. The zero-order valence-corrected chi connectivity index (χ0v) is 14.7. The molecule has 0 aliphatic carbocycles. The molecule has 0 spiro atoms. The first-order chi connectivity index (χ1) is 12.6.